The normalized spacial score (nSPS) is 12.9. The van der Waals surface area contributed by atoms with Crippen LogP contribution in [0.25, 0.3) is 11.1 Å². The van der Waals surface area contributed by atoms with Crippen LogP contribution >= 0.6 is 0 Å². The second kappa shape index (κ2) is 12.9. The van der Waals surface area contributed by atoms with Crippen molar-refractivity contribution in [2.75, 3.05) is 0 Å². The van der Waals surface area contributed by atoms with E-state index in [1.807, 2.05) is 55.5 Å². The van der Waals surface area contributed by atoms with Crippen molar-refractivity contribution in [2.45, 2.75) is 58.8 Å². The average molecular weight is 455 g/mol. The zero-order chi connectivity index (χ0) is 24.4. The van der Waals surface area contributed by atoms with Crippen LogP contribution in [0.2, 0.25) is 0 Å². The maximum absolute atomic E-state index is 12.9. The van der Waals surface area contributed by atoms with Crippen molar-refractivity contribution < 1.29 is 9.59 Å². The van der Waals surface area contributed by atoms with E-state index in [4.69, 9.17) is 11.6 Å². The monoisotopic (exact) mass is 454 g/mol. The molecule has 6 N–H and O–H groups in total. The number of nitrogens with zero attached hydrogens (tertiary/aromatic N) is 2. The fraction of sp³-hybridized carbons (Fsp3) is 0.417. The van der Waals surface area contributed by atoms with Gasteiger partial charge in [-0.15, -0.1) is 4.91 Å². The number of carbonyl (C=O) groups excluding carboxylic acids is 2. The molecule has 0 aromatic heterocycles. The van der Waals surface area contributed by atoms with Crippen molar-refractivity contribution in [3.8, 4) is 11.1 Å². The first-order chi connectivity index (χ1) is 15.8. The predicted molar refractivity (Wildman–Crippen MR) is 129 cm³/mol. The molecule has 9 heteroatoms. The van der Waals surface area contributed by atoms with Gasteiger partial charge in [0.1, 0.15) is 6.04 Å². The molecule has 178 valence electrons. The molecule has 2 atom stereocenters. The van der Waals surface area contributed by atoms with E-state index in [-0.39, 0.29) is 18.4 Å². The molecule has 0 saturated carbocycles. The van der Waals surface area contributed by atoms with Gasteiger partial charge in [0.05, 0.1) is 6.17 Å². The van der Waals surface area contributed by atoms with Crippen molar-refractivity contribution in [3.63, 3.8) is 0 Å². The first-order valence-corrected chi connectivity index (χ1v) is 11.2. The van der Waals surface area contributed by atoms with Crippen LogP contribution in [0.4, 0.5) is 0 Å². The standard InChI is InChI=1S/C24H34N6O3/c1-4-5-10-21(31)30(22(16(2)3)24(32)28-33)15-17-11-13-18(14-12-17)19-8-6-7-9-20(19)23(25)27-29-26/h6-9,11-14,16,22-23,27,29H,4-5,10,15,25-26H2,1-3H3/t22-,23?/m0/s1. The summed E-state index contributed by atoms with van der Waals surface area (Å²) < 4.78 is 0. The smallest absolute Gasteiger partial charge is 0.308 e. The summed E-state index contributed by atoms with van der Waals surface area (Å²) in [5.41, 5.74) is 14.9. The van der Waals surface area contributed by atoms with E-state index in [1.54, 1.807) is 13.8 Å². The SMILES string of the molecule is CCCCC(=O)N(Cc1ccc(-c2ccccc2C(N)NNN)cc1)[C@H](C(=O)N=O)C(C)C. The predicted octanol–water partition coefficient (Wildman–Crippen LogP) is 3.12. The van der Waals surface area contributed by atoms with E-state index in [0.29, 0.717) is 12.8 Å². The molecule has 0 spiro atoms. The maximum Gasteiger partial charge on any atom is 0.308 e. The van der Waals surface area contributed by atoms with Crippen LogP contribution in [0.3, 0.4) is 0 Å². The summed E-state index contributed by atoms with van der Waals surface area (Å²) in [4.78, 5) is 37.7. The Kier molecular flexibility index (Phi) is 10.3. The number of hydrazine groups is 2. The van der Waals surface area contributed by atoms with Crippen LogP contribution in [-0.2, 0) is 16.1 Å². The Balaban J connectivity index is 2.33. The van der Waals surface area contributed by atoms with Gasteiger partial charge < -0.3 is 10.6 Å². The van der Waals surface area contributed by atoms with E-state index in [9.17, 15) is 14.5 Å². The van der Waals surface area contributed by atoms with Gasteiger partial charge in [-0.2, -0.15) is 5.53 Å². The Hall–Kier alpha value is -2.98. The Bertz CT molecular complexity index is 932. The molecule has 0 saturated heterocycles. The van der Waals surface area contributed by atoms with E-state index in [1.165, 1.54) is 4.90 Å². The first-order valence-electron chi connectivity index (χ1n) is 11.2. The molecule has 0 aliphatic rings. The summed E-state index contributed by atoms with van der Waals surface area (Å²) >= 11 is 0. The molecule has 0 aliphatic carbocycles. The molecule has 9 nitrogen and oxygen atoms in total. The number of unbranched alkanes of at least 4 members (excludes halogenated alkanes) is 1. The summed E-state index contributed by atoms with van der Waals surface area (Å²) in [5, 5.41) is 2.62. The number of hydrogen-bond donors (Lipinski definition) is 4. The third-order valence-corrected chi connectivity index (χ3v) is 5.53. The van der Waals surface area contributed by atoms with Crippen molar-refractivity contribution >= 4 is 11.8 Å². The summed E-state index contributed by atoms with van der Waals surface area (Å²) in [6.45, 7) is 5.83. The lowest BCUT2D eigenvalue weighted by molar-refractivity contribution is -0.141. The average Bonchev–Trinajstić information content (AvgIpc) is 2.82. The maximum atomic E-state index is 12.9. The Labute approximate surface area is 194 Å². The molecular formula is C24H34N6O3. The topological polar surface area (TPSA) is 143 Å². The minimum atomic E-state index is -0.889. The number of hydrogen-bond acceptors (Lipinski definition) is 7. The summed E-state index contributed by atoms with van der Waals surface area (Å²) in [5.74, 6) is 4.11. The lowest BCUT2D eigenvalue weighted by Crippen LogP contribution is -2.47. The van der Waals surface area contributed by atoms with E-state index in [0.717, 1.165) is 28.7 Å². The van der Waals surface area contributed by atoms with E-state index < -0.39 is 18.1 Å². The largest absolute Gasteiger partial charge is 0.326 e. The summed E-state index contributed by atoms with van der Waals surface area (Å²) in [7, 11) is 0. The molecule has 33 heavy (non-hydrogen) atoms. The Morgan fingerprint density at radius 2 is 1.76 bits per heavy atom. The van der Waals surface area contributed by atoms with Crippen LogP contribution in [-0.4, -0.2) is 22.8 Å². The van der Waals surface area contributed by atoms with Gasteiger partial charge in [0.25, 0.3) is 0 Å². The number of nitrogens with one attached hydrogen (secondary N) is 2. The van der Waals surface area contributed by atoms with Crippen LogP contribution in [0.15, 0.2) is 53.7 Å². The van der Waals surface area contributed by atoms with E-state index >= 15 is 0 Å². The third kappa shape index (κ3) is 7.00. The zero-order valence-electron chi connectivity index (χ0n) is 19.5. The highest BCUT2D eigenvalue weighted by Crippen LogP contribution is 2.27. The van der Waals surface area contributed by atoms with Crippen molar-refractivity contribution in [2.24, 2.45) is 22.7 Å². The molecule has 0 fully saturated rings. The van der Waals surface area contributed by atoms with E-state index in [2.05, 4.69) is 16.1 Å². The zero-order valence-corrected chi connectivity index (χ0v) is 19.5. The van der Waals surface area contributed by atoms with Gasteiger partial charge in [-0.05, 0) is 34.6 Å². The minimum Gasteiger partial charge on any atom is -0.326 e. The van der Waals surface area contributed by atoms with Crippen molar-refractivity contribution in [3.05, 3.63) is 64.6 Å². The highest BCUT2D eigenvalue weighted by atomic mass is 16.3. The van der Waals surface area contributed by atoms with Gasteiger partial charge in [0.15, 0.2) is 0 Å². The quantitative estimate of drug-likeness (QED) is 0.167. The molecule has 0 radical (unpaired) electrons. The van der Waals surface area contributed by atoms with Crippen LogP contribution < -0.4 is 22.5 Å². The number of amides is 2. The second-order valence-corrected chi connectivity index (χ2v) is 8.29. The molecule has 0 aliphatic heterocycles. The van der Waals surface area contributed by atoms with Gasteiger partial charge in [-0.3, -0.25) is 15.4 Å². The fourth-order valence-corrected chi connectivity index (χ4v) is 3.83. The molecular weight excluding hydrogens is 420 g/mol. The number of benzene rings is 2. The van der Waals surface area contributed by atoms with Gasteiger partial charge in [0.2, 0.25) is 5.91 Å². The van der Waals surface area contributed by atoms with Crippen LogP contribution in [0.5, 0.6) is 0 Å². The summed E-state index contributed by atoms with van der Waals surface area (Å²) in [6.07, 6.45) is 1.38. The first kappa shape index (κ1) is 26.3. The Morgan fingerprint density at radius 1 is 1.09 bits per heavy atom. The van der Waals surface area contributed by atoms with Crippen LogP contribution in [0, 0.1) is 10.8 Å². The number of nitroso groups, excluding NO2 is 1. The fourth-order valence-electron chi connectivity index (χ4n) is 3.83. The Morgan fingerprint density at radius 3 is 2.33 bits per heavy atom. The van der Waals surface area contributed by atoms with Crippen LogP contribution in [0.1, 0.15) is 57.3 Å². The minimum absolute atomic E-state index is 0.159. The third-order valence-electron chi connectivity index (χ3n) is 5.53. The lowest BCUT2D eigenvalue weighted by Gasteiger charge is -2.32. The van der Waals surface area contributed by atoms with Gasteiger partial charge >= 0.3 is 5.91 Å². The molecule has 2 aromatic rings. The molecule has 2 amide bonds. The van der Waals surface area contributed by atoms with Gasteiger partial charge in [-0.25, -0.2) is 5.43 Å². The highest BCUT2D eigenvalue weighted by Gasteiger charge is 2.33. The number of nitrogens with two attached hydrogens (primary N) is 2. The number of carbonyl (C=O) groups is 2. The second-order valence-electron chi connectivity index (χ2n) is 8.29. The number of rotatable bonds is 12. The van der Waals surface area contributed by atoms with Crippen molar-refractivity contribution in [1.29, 1.82) is 0 Å². The van der Waals surface area contributed by atoms with Crippen molar-refractivity contribution in [1.82, 2.24) is 15.9 Å². The molecule has 0 bridgehead atoms. The molecule has 1 unspecified atom stereocenters. The van der Waals surface area contributed by atoms with Gasteiger partial charge in [0, 0.05) is 18.1 Å². The molecule has 2 aromatic carbocycles. The highest BCUT2D eigenvalue weighted by molar-refractivity contribution is 5.88. The molecule has 0 heterocycles. The molecule has 2 rings (SSSR count). The van der Waals surface area contributed by atoms with Gasteiger partial charge in [-0.1, -0.05) is 75.7 Å². The lowest BCUT2D eigenvalue weighted by atomic mass is 9.96. The summed E-state index contributed by atoms with van der Waals surface area (Å²) in [6, 6.07) is 14.5.